The highest BCUT2D eigenvalue weighted by Crippen LogP contribution is 2.61. The molecule has 2 fully saturated rings. The summed E-state index contributed by atoms with van der Waals surface area (Å²) in [5.41, 5.74) is 6.13. The van der Waals surface area contributed by atoms with E-state index in [1.165, 1.54) is 25.7 Å². The quantitative estimate of drug-likeness (QED) is 0.840. The van der Waals surface area contributed by atoms with Gasteiger partial charge in [0, 0.05) is 6.54 Å². The van der Waals surface area contributed by atoms with Crippen molar-refractivity contribution in [1.29, 1.82) is 0 Å². The maximum Gasteiger partial charge on any atom is 0.184 e. The number of nitrogens with one attached hydrogen (secondary N) is 1. The van der Waals surface area contributed by atoms with Crippen LogP contribution in [0.25, 0.3) is 0 Å². The van der Waals surface area contributed by atoms with Crippen LogP contribution in [0.1, 0.15) is 32.6 Å². The van der Waals surface area contributed by atoms with Gasteiger partial charge in [0.1, 0.15) is 9.90 Å². The molecule has 2 saturated carbocycles. The van der Waals surface area contributed by atoms with E-state index in [4.69, 9.17) is 5.73 Å². The standard InChI is InChI=1S/C12H19N3O2S2/c1-2-19(16,17)9-10(13)15-18-11(9)14-7-12(5-6-12)8-3-4-8/h8,14H,2-7H2,1H3,(H2,13,15). The molecule has 1 aromatic heterocycles. The van der Waals surface area contributed by atoms with Gasteiger partial charge >= 0.3 is 0 Å². The normalized spacial score (nSPS) is 21.3. The molecule has 3 rings (SSSR count). The van der Waals surface area contributed by atoms with Crippen LogP contribution < -0.4 is 11.1 Å². The fourth-order valence-corrected chi connectivity index (χ4v) is 4.86. The van der Waals surface area contributed by atoms with E-state index in [0.29, 0.717) is 10.4 Å². The van der Waals surface area contributed by atoms with Crippen LogP contribution >= 0.6 is 11.5 Å². The number of nitrogen functional groups attached to an aromatic ring is 1. The number of hydrogen-bond donors (Lipinski definition) is 2. The molecule has 2 aliphatic rings. The molecule has 0 saturated heterocycles. The number of nitrogens with two attached hydrogens (primary N) is 1. The maximum atomic E-state index is 12.0. The van der Waals surface area contributed by atoms with Gasteiger partial charge in [-0.3, -0.25) is 0 Å². The summed E-state index contributed by atoms with van der Waals surface area (Å²) in [6.45, 7) is 2.48. The Morgan fingerprint density at radius 2 is 2.16 bits per heavy atom. The third kappa shape index (κ3) is 2.33. The van der Waals surface area contributed by atoms with Crippen LogP contribution in [0.2, 0.25) is 0 Å². The summed E-state index contributed by atoms with van der Waals surface area (Å²) in [5, 5.41) is 3.91. The van der Waals surface area contributed by atoms with E-state index in [0.717, 1.165) is 24.0 Å². The van der Waals surface area contributed by atoms with Crippen molar-refractivity contribution >= 4 is 32.2 Å². The lowest BCUT2D eigenvalue weighted by atomic mass is 10.0. The topological polar surface area (TPSA) is 85.1 Å². The van der Waals surface area contributed by atoms with E-state index in [2.05, 4.69) is 9.69 Å². The molecule has 0 unspecified atom stereocenters. The molecule has 0 aliphatic heterocycles. The highest BCUT2D eigenvalue weighted by Gasteiger charge is 2.53. The summed E-state index contributed by atoms with van der Waals surface area (Å²) >= 11 is 1.15. The van der Waals surface area contributed by atoms with Crippen LogP contribution in [-0.2, 0) is 9.84 Å². The predicted molar refractivity (Wildman–Crippen MR) is 77.1 cm³/mol. The minimum atomic E-state index is -3.31. The van der Waals surface area contributed by atoms with E-state index in [-0.39, 0.29) is 16.5 Å². The first-order valence-corrected chi connectivity index (χ1v) is 9.13. The summed E-state index contributed by atoms with van der Waals surface area (Å²) in [4.78, 5) is 0.201. The van der Waals surface area contributed by atoms with Crippen LogP contribution in [-0.4, -0.2) is 25.1 Å². The fraction of sp³-hybridized carbons (Fsp3) is 0.750. The molecule has 0 aromatic carbocycles. The minimum absolute atomic E-state index is 0.0536. The molecule has 106 valence electrons. The lowest BCUT2D eigenvalue weighted by Gasteiger charge is -2.15. The van der Waals surface area contributed by atoms with Gasteiger partial charge in [-0.25, -0.2) is 8.42 Å². The molecule has 3 N–H and O–H groups in total. The van der Waals surface area contributed by atoms with Gasteiger partial charge in [-0.2, -0.15) is 4.37 Å². The molecule has 19 heavy (non-hydrogen) atoms. The van der Waals surface area contributed by atoms with E-state index >= 15 is 0 Å². The van der Waals surface area contributed by atoms with Crippen LogP contribution in [0.15, 0.2) is 4.90 Å². The summed E-state index contributed by atoms with van der Waals surface area (Å²) in [6, 6.07) is 0. The van der Waals surface area contributed by atoms with Crippen molar-refractivity contribution in [2.24, 2.45) is 11.3 Å². The van der Waals surface area contributed by atoms with Gasteiger partial charge in [0.25, 0.3) is 0 Å². The van der Waals surface area contributed by atoms with Gasteiger partial charge in [-0.1, -0.05) is 6.92 Å². The molecule has 0 amide bonds. The summed E-state index contributed by atoms with van der Waals surface area (Å²) < 4.78 is 28.1. The minimum Gasteiger partial charge on any atom is -0.382 e. The second-order valence-corrected chi connectivity index (χ2v) is 8.61. The zero-order valence-corrected chi connectivity index (χ0v) is 12.6. The fourth-order valence-electron chi connectivity index (χ4n) is 2.69. The van der Waals surface area contributed by atoms with Gasteiger partial charge in [-0.15, -0.1) is 0 Å². The zero-order valence-electron chi connectivity index (χ0n) is 11.0. The molecule has 2 aliphatic carbocycles. The maximum absolute atomic E-state index is 12.0. The molecule has 1 aromatic rings. The Kier molecular flexibility index (Phi) is 3.01. The number of aromatic nitrogens is 1. The molecule has 1 heterocycles. The second kappa shape index (κ2) is 4.34. The highest BCUT2D eigenvalue weighted by atomic mass is 32.2. The molecule has 7 heteroatoms. The number of rotatable bonds is 6. The SMILES string of the molecule is CCS(=O)(=O)c1c(N)nsc1NCC1(C2CC2)CC1. The molecule has 0 radical (unpaired) electrons. The van der Waals surface area contributed by atoms with Crippen molar-refractivity contribution in [3.63, 3.8) is 0 Å². The van der Waals surface area contributed by atoms with Crippen molar-refractivity contribution in [1.82, 2.24) is 4.37 Å². The Morgan fingerprint density at radius 3 is 2.68 bits per heavy atom. The van der Waals surface area contributed by atoms with Crippen LogP contribution in [0.3, 0.4) is 0 Å². The molecule has 0 spiro atoms. The molecular formula is C12H19N3O2S2. The van der Waals surface area contributed by atoms with Gasteiger partial charge in [-0.05, 0) is 48.5 Å². The molecule has 0 atom stereocenters. The smallest absolute Gasteiger partial charge is 0.184 e. The van der Waals surface area contributed by atoms with E-state index in [1.807, 2.05) is 0 Å². The van der Waals surface area contributed by atoms with Gasteiger partial charge in [0.05, 0.1) is 5.75 Å². The summed E-state index contributed by atoms with van der Waals surface area (Å²) in [7, 11) is -3.31. The van der Waals surface area contributed by atoms with Crippen molar-refractivity contribution < 1.29 is 8.42 Å². The Balaban J connectivity index is 1.78. The highest BCUT2D eigenvalue weighted by molar-refractivity contribution is 7.91. The Labute approximate surface area is 117 Å². The van der Waals surface area contributed by atoms with Crippen LogP contribution in [0.4, 0.5) is 10.8 Å². The zero-order chi connectivity index (χ0) is 13.7. The monoisotopic (exact) mass is 301 g/mol. The average molecular weight is 301 g/mol. The number of hydrogen-bond acceptors (Lipinski definition) is 6. The third-order valence-electron chi connectivity index (χ3n) is 4.30. The lowest BCUT2D eigenvalue weighted by molar-refractivity contribution is 0.467. The van der Waals surface area contributed by atoms with Crippen molar-refractivity contribution in [2.75, 3.05) is 23.3 Å². The lowest BCUT2D eigenvalue weighted by Crippen LogP contribution is -2.18. The first kappa shape index (κ1) is 13.2. The largest absolute Gasteiger partial charge is 0.382 e. The van der Waals surface area contributed by atoms with Crippen molar-refractivity contribution in [3.05, 3.63) is 0 Å². The van der Waals surface area contributed by atoms with E-state index < -0.39 is 9.84 Å². The van der Waals surface area contributed by atoms with E-state index in [9.17, 15) is 8.42 Å². The first-order chi connectivity index (χ1) is 8.98. The Bertz CT molecular complexity index is 586. The predicted octanol–water partition coefficient (Wildman–Crippen LogP) is 2.12. The Morgan fingerprint density at radius 1 is 1.47 bits per heavy atom. The average Bonchev–Trinajstić information content (AvgIpc) is 3.25. The number of anilines is 2. The van der Waals surface area contributed by atoms with Crippen molar-refractivity contribution in [2.45, 2.75) is 37.5 Å². The third-order valence-corrected chi connectivity index (χ3v) is 7.05. The Hall–Kier alpha value is -0.820. The van der Waals surface area contributed by atoms with E-state index in [1.54, 1.807) is 6.92 Å². The molecular weight excluding hydrogens is 282 g/mol. The molecule has 5 nitrogen and oxygen atoms in total. The van der Waals surface area contributed by atoms with Gasteiger partial charge in [0.15, 0.2) is 15.7 Å². The first-order valence-electron chi connectivity index (χ1n) is 6.70. The summed E-state index contributed by atoms with van der Waals surface area (Å²) in [5.74, 6) is 1.03. The second-order valence-electron chi connectivity index (χ2n) is 5.62. The molecule has 0 bridgehead atoms. The van der Waals surface area contributed by atoms with Crippen molar-refractivity contribution in [3.8, 4) is 0 Å². The van der Waals surface area contributed by atoms with Crippen LogP contribution in [0.5, 0.6) is 0 Å². The number of sulfone groups is 1. The van der Waals surface area contributed by atoms with Gasteiger partial charge < -0.3 is 11.1 Å². The van der Waals surface area contributed by atoms with Gasteiger partial charge in [0.2, 0.25) is 0 Å². The summed E-state index contributed by atoms with van der Waals surface area (Å²) in [6.07, 6.45) is 5.17. The number of nitrogens with zero attached hydrogens (tertiary/aromatic N) is 1. The van der Waals surface area contributed by atoms with Crippen LogP contribution in [0, 0.1) is 11.3 Å².